The van der Waals surface area contributed by atoms with Crippen molar-refractivity contribution in [1.29, 1.82) is 0 Å². The first-order valence-electron chi connectivity index (χ1n) is 4.78. The molecule has 0 radical (unpaired) electrons. The van der Waals surface area contributed by atoms with E-state index in [1.807, 2.05) is 4.90 Å². The second kappa shape index (κ2) is 9.01. The van der Waals surface area contributed by atoms with Crippen LogP contribution >= 0.6 is 23.2 Å². The smallest absolute Gasteiger partial charge is 0.333 e. The van der Waals surface area contributed by atoms with Gasteiger partial charge in [0.2, 0.25) is 0 Å². The van der Waals surface area contributed by atoms with Crippen molar-refractivity contribution in [2.24, 2.45) is 0 Å². The molecule has 15 heavy (non-hydrogen) atoms. The standard InChI is InChI=1S/C10H17Cl2NO2/c1-9(2)10(14)15-8-7-13(5-3-11)6-4-12/h1,3-8H2,2H3. The Labute approximate surface area is 101 Å². The summed E-state index contributed by atoms with van der Waals surface area (Å²) >= 11 is 11.2. The van der Waals surface area contributed by atoms with Crippen LogP contribution in [0.5, 0.6) is 0 Å². The van der Waals surface area contributed by atoms with Crippen molar-refractivity contribution in [3.63, 3.8) is 0 Å². The number of carbonyl (C=O) groups excluding carboxylic acids is 1. The Balaban J connectivity index is 3.69. The molecule has 0 aliphatic heterocycles. The van der Waals surface area contributed by atoms with Gasteiger partial charge in [0, 0.05) is 37.0 Å². The summed E-state index contributed by atoms with van der Waals surface area (Å²) in [4.78, 5) is 13.1. The first kappa shape index (κ1) is 14.8. The number of carbonyl (C=O) groups is 1. The minimum absolute atomic E-state index is 0.347. The molecule has 0 aromatic heterocycles. The van der Waals surface area contributed by atoms with E-state index in [-0.39, 0.29) is 5.97 Å². The molecule has 0 aliphatic carbocycles. The van der Waals surface area contributed by atoms with Crippen LogP contribution in [0.3, 0.4) is 0 Å². The minimum atomic E-state index is -0.355. The Morgan fingerprint density at radius 1 is 1.27 bits per heavy atom. The zero-order chi connectivity index (χ0) is 11.7. The molecule has 0 bridgehead atoms. The SMILES string of the molecule is C=C(C)C(=O)OCCN(CCCl)CCCl. The van der Waals surface area contributed by atoms with Crippen molar-refractivity contribution in [2.75, 3.05) is 38.0 Å². The van der Waals surface area contributed by atoms with E-state index >= 15 is 0 Å². The van der Waals surface area contributed by atoms with Crippen LogP contribution in [0.25, 0.3) is 0 Å². The molecule has 0 unspecified atom stereocenters. The minimum Gasteiger partial charge on any atom is -0.461 e. The zero-order valence-electron chi connectivity index (χ0n) is 8.97. The molecule has 0 amide bonds. The molecule has 0 fully saturated rings. The number of hydrogen-bond acceptors (Lipinski definition) is 3. The summed E-state index contributed by atoms with van der Waals surface area (Å²) in [5.41, 5.74) is 0.413. The monoisotopic (exact) mass is 253 g/mol. The lowest BCUT2D eigenvalue weighted by molar-refractivity contribution is -0.139. The van der Waals surface area contributed by atoms with Crippen molar-refractivity contribution >= 4 is 29.2 Å². The fourth-order valence-electron chi connectivity index (χ4n) is 0.965. The molecule has 0 rings (SSSR count). The van der Waals surface area contributed by atoms with Crippen molar-refractivity contribution in [3.05, 3.63) is 12.2 Å². The third-order valence-corrected chi connectivity index (χ3v) is 2.13. The van der Waals surface area contributed by atoms with Crippen LogP contribution in [0.15, 0.2) is 12.2 Å². The summed E-state index contributed by atoms with van der Waals surface area (Å²) in [5, 5.41) is 0. The average molecular weight is 254 g/mol. The molecule has 0 heterocycles. The summed E-state index contributed by atoms with van der Waals surface area (Å²) < 4.78 is 4.96. The number of nitrogens with zero attached hydrogens (tertiary/aromatic N) is 1. The fourth-order valence-corrected chi connectivity index (χ4v) is 1.44. The summed E-state index contributed by atoms with van der Waals surface area (Å²) in [7, 11) is 0. The number of esters is 1. The Kier molecular flexibility index (Phi) is 8.86. The van der Waals surface area contributed by atoms with Gasteiger partial charge in [-0.15, -0.1) is 23.2 Å². The maximum atomic E-state index is 11.0. The van der Waals surface area contributed by atoms with E-state index in [4.69, 9.17) is 27.9 Å². The molecular weight excluding hydrogens is 237 g/mol. The lowest BCUT2D eigenvalue weighted by Gasteiger charge is -2.19. The molecule has 0 aliphatic rings. The lowest BCUT2D eigenvalue weighted by atomic mass is 10.4. The Hall–Kier alpha value is -0.250. The van der Waals surface area contributed by atoms with Crippen LogP contribution in [-0.4, -0.2) is 48.9 Å². The van der Waals surface area contributed by atoms with Crippen molar-refractivity contribution in [3.8, 4) is 0 Å². The van der Waals surface area contributed by atoms with Crippen LogP contribution in [0.4, 0.5) is 0 Å². The van der Waals surface area contributed by atoms with E-state index in [1.165, 1.54) is 0 Å². The average Bonchev–Trinajstić information content (AvgIpc) is 2.18. The van der Waals surface area contributed by atoms with Gasteiger partial charge in [0.15, 0.2) is 0 Å². The highest BCUT2D eigenvalue weighted by Gasteiger charge is 2.06. The summed E-state index contributed by atoms with van der Waals surface area (Å²) in [5.74, 6) is 0.739. The number of ether oxygens (including phenoxy) is 1. The first-order valence-corrected chi connectivity index (χ1v) is 5.85. The number of rotatable bonds is 8. The quantitative estimate of drug-likeness (QED) is 0.376. The molecule has 88 valence electrons. The van der Waals surface area contributed by atoms with Gasteiger partial charge in [-0.25, -0.2) is 4.79 Å². The second-order valence-corrected chi connectivity index (χ2v) is 3.89. The molecule has 0 atom stereocenters. The Bertz CT molecular complexity index is 204. The van der Waals surface area contributed by atoms with Crippen LogP contribution in [0.1, 0.15) is 6.92 Å². The molecule has 0 aromatic rings. The van der Waals surface area contributed by atoms with Crippen molar-refractivity contribution in [2.45, 2.75) is 6.92 Å². The van der Waals surface area contributed by atoms with Crippen LogP contribution in [0.2, 0.25) is 0 Å². The van der Waals surface area contributed by atoms with Crippen LogP contribution < -0.4 is 0 Å². The van der Waals surface area contributed by atoms with Gasteiger partial charge >= 0.3 is 5.97 Å². The van der Waals surface area contributed by atoms with Gasteiger partial charge in [-0.2, -0.15) is 0 Å². The van der Waals surface area contributed by atoms with Gasteiger partial charge < -0.3 is 4.74 Å². The molecule has 5 heteroatoms. The van der Waals surface area contributed by atoms with Gasteiger partial charge in [0.05, 0.1) is 0 Å². The van der Waals surface area contributed by atoms with E-state index in [0.29, 0.717) is 30.5 Å². The topological polar surface area (TPSA) is 29.5 Å². The van der Waals surface area contributed by atoms with E-state index in [9.17, 15) is 4.79 Å². The number of alkyl halides is 2. The molecule has 0 saturated carbocycles. The predicted octanol–water partition coefficient (Wildman–Crippen LogP) is 1.89. The molecule has 0 aromatic carbocycles. The Morgan fingerprint density at radius 3 is 2.20 bits per heavy atom. The van der Waals surface area contributed by atoms with Crippen LogP contribution in [-0.2, 0) is 9.53 Å². The maximum absolute atomic E-state index is 11.0. The van der Waals surface area contributed by atoms with Gasteiger partial charge in [-0.05, 0) is 6.92 Å². The van der Waals surface area contributed by atoms with Gasteiger partial charge in [-0.3, -0.25) is 4.90 Å². The third-order valence-electron chi connectivity index (χ3n) is 1.79. The molecule has 3 nitrogen and oxygen atoms in total. The zero-order valence-corrected chi connectivity index (χ0v) is 10.5. The van der Waals surface area contributed by atoms with Crippen molar-refractivity contribution in [1.82, 2.24) is 4.90 Å². The highest BCUT2D eigenvalue weighted by molar-refractivity contribution is 6.18. The van der Waals surface area contributed by atoms with Crippen molar-refractivity contribution < 1.29 is 9.53 Å². The highest BCUT2D eigenvalue weighted by atomic mass is 35.5. The van der Waals surface area contributed by atoms with E-state index in [1.54, 1.807) is 6.92 Å². The van der Waals surface area contributed by atoms with Gasteiger partial charge in [-0.1, -0.05) is 6.58 Å². The summed E-state index contributed by atoms with van der Waals surface area (Å²) in [6.45, 7) is 7.61. The van der Waals surface area contributed by atoms with Gasteiger partial charge in [0.1, 0.15) is 6.61 Å². The molecule has 0 saturated heterocycles. The first-order chi connectivity index (χ1) is 7.11. The maximum Gasteiger partial charge on any atom is 0.333 e. The fraction of sp³-hybridized carbons (Fsp3) is 0.700. The second-order valence-electron chi connectivity index (χ2n) is 3.14. The van der Waals surface area contributed by atoms with E-state index < -0.39 is 0 Å². The molecule has 0 spiro atoms. The number of halogens is 2. The Morgan fingerprint density at radius 2 is 1.80 bits per heavy atom. The summed E-state index contributed by atoms with van der Waals surface area (Å²) in [6.07, 6.45) is 0. The highest BCUT2D eigenvalue weighted by Crippen LogP contribution is 1.95. The van der Waals surface area contributed by atoms with E-state index in [2.05, 4.69) is 6.58 Å². The lowest BCUT2D eigenvalue weighted by Crippen LogP contribution is -2.32. The third kappa shape index (κ3) is 7.65. The van der Waals surface area contributed by atoms with Gasteiger partial charge in [0.25, 0.3) is 0 Å². The predicted molar refractivity (Wildman–Crippen MR) is 63.7 cm³/mol. The van der Waals surface area contributed by atoms with Crippen LogP contribution in [0, 0.1) is 0 Å². The normalized spacial score (nSPS) is 10.4. The molecule has 0 N–H and O–H groups in total. The molecular formula is C10H17Cl2NO2. The summed E-state index contributed by atoms with van der Waals surface area (Å²) in [6, 6.07) is 0. The largest absolute Gasteiger partial charge is 0.461 e. The number of hydrogen-bond donors (Lipinski definition) is 0. The van der Waals surface area contributed by atoms with E-state index in [0.717, 1.165) is 13.1 Å².